The zero-order chi connectivity index (χ0) is 13.3. The van der Waals surface area contributed by atoms with Crippen LogP contribution >= 0.6 is 0 Å². The lowest BCUT2D eigenvalue weighted by Crippen LogP contribution is -2.43. The maximum atomic E-state index is 12.2. The van der Waals surface area contributed by atoms with Gasteiger partial charge >= 0.3 is 0 Å². The summed E-state index contributed by atoms with van der Waals surface area (Å²) in [6, 6.07) is 4.37. The summed E-state index contributed by atoms with van der Waals surface area (Å²) >= 11 is 0. The summed E-state index contributed by atoms with van der Waals surface area (Å²) in [5, 5.41) is 19.1. The van der Waals surface area contributed by atoms with Crippen molar-refractivity contribution < 1.29 is 15.0 Å². The lowest BCUT2D eigenvalue weighted by Gasteiger charge is -2.27. The van der Waals surface area contributed by atoms with Gasteiger partial charge in [0.05, 0.1) is 5.56 Å². The Kier molecular flexibility index (Phi) is 3.43. The van der Waals surface area contributed by atoms with E-state index in [1.165, 1.54) is 18.2 Å². The van der Waals surface area contributed by atoms with Gasteiger partial charge in [-0.05, 0) is 30.9 Å². The number of likely N-dealkylation sites (N-methyl/N-ethyl adjacent to an activating group) is 1. The van der Waals surface area contributed by atoms with E-state index in [9.17, 15) is 15.0 Å². The van der Waals surface area contributed by atoms with Gasteiger partial charge in [-0.25, -0.2) is 0 Å². The second-order valence-electron chi connectivity index (χ2n) is 4.73. The van der Waals surface area contributed by atoms with Crippen molar-refractivity contribution in [2.24, 2.45) is 11.7 Å². The van der Waals surface area contributed by atoms with E-state index in [4.69, 9.17) is 5.73 Å². The molecule has 4 N–H and O–H groups in total. The van der Waals surface area contributed by atoms with Crippen LogP contribution in [0.2, 0.25) is 0 Å². The molecule has 1 aromatic carbocycles. The molecule has 1 aliphatic rings. The van der Waals surface area contributed by atoms with E-state index in [1.807, 2.05) is 0 Å². The number of phenols is 2. The van der Waals surface area contributed by atoms with Crippen LogP contribution in [0.5, 0.6) is 11.5 Å². The van der Waals surface area contributed by atoms with E-state index >= 15 is 0 Å². The predicted molar refractivity (Wildman–Crippen MR) is 67.4 cm³/mol. The van der Waals surface area contributed by atoms with Crippen molar-refractivity contribution in [2.45, 2.75) is 18.9 Å². The van der Waals surface area contributed by atoms with Crippen LogP contribution in [0, 0.1) is 5.92 Å². The molecular weight excluding hydrogens is 232 g/mol. The molecule has 0 saturated heterocycles. The number of hydrogen-bond donors (Lipinski definition) is 3. The molecule has 0 aromatic heterocycles. The first-order valence-corrected chi connectivity index (χ1v) is 6.04. The fourth-order valence-corrected chi connectivity index (χ4v) is 2.19. The molecule has 1 saturated carbocycles. The van der Waals surface area contributed by atoms with Gasteiger partial charge in [-0.2, -0.15) is 0 Å². The number of rotatable bonds is 4. The first-order valence-electron chi connectivity index (χ1n) is 6.04. The van der Waals surface area contributed by atoms with Crippen molar-refractivity contribution >= 4 is 5.91 Å². The smallest absolute Gasteiger partial charge is 0.257 e. The zero-order valence-electron chi connectivity index (χ0n) is 10.3. The lowest BCUT2D eigenvalue weighted by atomic mass is 10.1. The Bertz CT molecular complexity index is 458. The molecule has 0 bridgehead atoms. The summed E-state index contributed by atoms with van der Waals surface area (Å²) in [6.45, 7) is 0.409. The van der Waals surface area contributed by atoms with Gasteiger partial charge in [0.15, 0.2) is 11.5 Å². The summed E-state index contributed by atoms with van der Waals surface area (Å²) in [4.78, 5) is 13.8. The number of nitrogens with zero attached hydrogens (tertiary/aromatic N) is 1. The monoisotopic (exact) mass is 250 g/mol. The van der Waals surface area contributed by atoms with E-state index < -0.39 is 0 Å². The number of amides is 1. The first-order chi connectivity index (χ1) is 8.56. The number of benzene rings is 1. The Morgan fingerprint density at radius 3 is 2.72 bits per heavy atom. The molecule has 1 fully saturated rings. The van der Waals surface area contributed by atoms with Crippen LogP contribution in [-0.4, -0.2) is 40.7 Å². The molecule has 2 rings (SSSR count). The summed E-state index contributed by atoms with van der Waals surface area (Å²) in [7, 11) is 1.68. The number of nitrogens with two attached hydrogens (primary N) is 1. The third-order valence-corrected chi connectivity index (χ3v) is 3.47. The third-order valence-electron chi connectivity index (χ3n) is 3.47. The third kappa shape index (κ3) is 2.26. The van der Waals surface area contributed by atoms with Crippen LogP contribution in [0.4, 0.5) is 0 Å². The molecule has 1 aliphatic carbocycles. The van der Waals surface area contributed by atoms with Gasteiger partial charge < -0.3 is 20.8 Å². The SMILES string of the molecule is CN(C(=O)c1cccc(O)c1O)C(CN)C1CC1. The maximum absolute atomic E-state index is 12.2. The average molecular weight is 250 g/mol. The van der Waals surface area contributed by atoms with Crippen LogP contribution in [0.25, 0.3) is 0 Å². The van der Waals surface area contributed by atoms with Crippen molar-refractivity contribution in [3.63, 3.8) is 0 Å². The molecule has 1 unspecified atom stereocenters. The molecule has 1 amide bonds. The van der Waals surface area contributed by atoms with Crippen molar-refractivity contribution in [3.8, 4) is 11.5 Å². The summed E-state index contributed by atoms with van der Waals surface area (Å²) in [6.07, 6.45) is 2.18. The maximum Gasteiger partial charge on any atom is 0.257 e. The highest BCUT2D eigenvalue weighted by Gasteiger charge is 2.35. The van der Waals surface area contributed by atoms with E-state index in [-0.39, 0.29) is 29.0 Å². The molecule has 18 heavy (non-hydrogen) atoms. The molecule has 0 radical (unpaired) electrons. The van der Waals surface area contributed by atoms with Crippen LogP contribution in [0.1, 0.15) is 23.2 Å². The van der Waals surface area contributed by atoms with Gasteiger partial charge in [0.1, 0.15) is 0 Å². The molecule has 0 heterocycles. The van der Waals surface area contributed by atoms with Gasteiger partial charge in [-0.3, -0.25) is 4.79 Å². The normalized spacial score (nSPS) is 16.3. The summed E-state index contributed by atoms with van der Waals surface area (Å²) < 4.78 is 0. The Labute approximate surface area is 106 Å². The largest absolute Gasteiger partial charge is 0.504 e. The van der Waals surface area contributed by atoms with Gasteiger partial charge in [-0.1, -0.05) is 6.07 Å². The van der Waals surface area contributed by atoms with Gasteiger partial charge in [-0.15, -0.1) is 0 Å². The van der Waals surface area contributed by atoms with Crippen LogP contribution in [0.3, 0.4) is 0 Å². The quantitative estimate of drug-likeness (QED) is 0.693. The molecule has 1 aromatic rings. The van der Waals surface area contributed by atoms with Gasteiger partial charge in [0.25, 0.3) is 5.91 Å². The average Bonchev–Trinajstić information content (AvgIpc) is 3.17. The van der Waals surface area contributed by atoms with Gasteiger partial charge in [0.2, 0.25) is 0 Å². The molecule has 5 nitrogen and oxygen atoms in total. The van der Waals surface area contributed by atoms with Crippen molar-refractivity contribution in [1.29, 1.82) is 0 Å². The van der Waals surface area contributed by atoms with E-state index in [2.05, 4.69) is 0 Å². The Balaban J connectivity index is 2.22. The fourth-order valence-electron chi connectivity index (χ4n) is 2.19. The summed E-state index contributed by atoms with van der Waals surface area (Å²) in [5.74, 6) is -0.514. The van der Waals surface area contributed by atoms with Crippen molar-refractivity contribution in [2.75, 3.05) is 13.6 Å². The highest BCUT2D eigenvalue weighted by molar-refractivity contribution is 5.97. The fraction of sp³-hybridized carbons (Fsp3) is 0.462. The molecule has 5 heteroatoms. The van der Waals surface area contributed by atoms with Crippen molar-refractivity contribution in [3.05, 3.63) is 23.8 Å². The zero-order valence-corrected chi connectivity index (χ0v) is 10.3. The highest BCUT2D eigenvalue weighted by Crippen LogP contribution is 2.36. The second-order valence-corrected chi connectivity index (χ2v) is 4.73. The van der Waals surface area contributed by atoms with Crippen molar-refractivity contribution in [1.82, 2.24) is 4.90 Å². The standard InChI is InChI=1S/C13H18N2O3/c1-15(10(7-14)8-5-6-8)13(18)9-3-2-4-11(16)12(9)17/h2-4,8,10,16-17H,5-7,14H2,1H3. The minimum atomic E-state index is -0.374. The number of carbonyl (C=O) groups excluding carboxylic acids is 1. The minimum Gasteiger partial charge on any atom is -0.504 e. The lowest BCUT2D eigenvalue weighted by molar-refractivity contribution is 0.0715. The number of aromatic hydroxyl groups is 2. The molecule has 0 spiro atoms. The molecule has 1 atom stereocenters. The predicted octanol–water partition coefficient (Wildman–Crippen LogP) is 0.907. The second kappa shape index (κ2) is 4.86. The minimum absolute atomic E-state index is 0.000695. The number of carbonyl (C=O) groups is 1. The van der Waals surface area contributed by atoms with E-state index in [0.717, 1.165) is 12.8 Å². The molecule has 98 valence electrons. The molecular formula is C13H18N2O3. The van der Waals surface area contributed by atoms with Gasteiger partial charge in [0, 0.05) is 19.6 Å². The topological polar surface area (TPSA) is 86.8 Å². The number of para-hydroxylation sites is 1. The first kappa shape index (κ1) is 12.7. The Morgan fingerprint density at radius 2 is 2.17 bits per heavy atom. The summed E-state index contributed by atoms with van der Waals surface area (Å²) in [5.41, 5.74) is 5.80. The highest BCUT2D eigenvalue weighted by atomic mass is 16.3. The Morgan fingerprint density at radius 1 is 1.50 bits per heavy atom. The number of hydrogen-bond acceptors (Lipinski definition) is 4. The van der Waals surface area contributed by atoms with E-state index in [1.54, 1.807) is 11.9 Å². The van der Waals surface area contributed by atoms with Crippen LogP contribution < -0.4 is 5.73 Å². The van der Waals surface area contributed by atoms with E-state index in [0.29, 0.717) is 12.5 Å². The number of phenolic OH excluding ortho intramolecular Hbond substituents is 2. The van der Waals surface area contributed by atoms with Crippen LogP contribution in [0.15, 0.2) is 18.2 Å². The Hall–Kier alpha value is -1.75. The molecule has 0 aliphatic heterocycles. The van der Waals surface area contributed by atoms with Crippen LogP contribution in [-0.2, 0) is 0 Å².